The maximum absolute atomic E-state index is 6.19. The molecule has 1 saturated carbocycles. The lowest BCUT2D eigenvalue weighted by Crippen LogP contribution is -2.36. The number of rotatable bonds is 1. The van der Waals surface area contributed by atoms with E-state index in [1.165, 1.54) is 36.0 Å². The van der Waals surface area contributed by atoms with Gasteiger partial charge >= 0.3 is 0 Å². The van der Waals surface area contributed by atoms with Gasteiger partial charge in [0.15, 0.2) is 0 Å². The Morgan fingerprint density at radius 2 is 1.94 bits per heavy atom. The van der Waals surface area contributed by atoms with Gasteiger partial charge in [-0.3, -0.25) is 0 Å². The quantitative estimate of drug-likeness (QED) is 0.765. The lowest BCUT2D eigenvalue weighted by atomic mass is 9.72. The van der Waals surface area contributed by atoms with Gasteiger partial charge in [-0.25, -0.2) is 0 Å². The minimum absolute atomic E-state index is 0.388. The van der Waals surface area contributed by atoms with Crippen LogP contribution in [0.1, 0.15) is 48.8 Å². The van der Waals surface area contributed by atoms with Crippen molar-refractivity contribution in [2.45, 2.75) is 52.0 Å². The maximum Gasteiger partial charge on any atom is 0.00703 e. The summed E-state index contributed by atoms with van der Waals surface area (Å²) in [6.45, 7) is 6.76. The van der Waals surface area contributed by atoms with Crippen molar-refractivity contribution in [3.63, 3.8) is 0 Å². The van der Waals surface area contributed by atoms with Gasteiger partial charge < -0.3 is 5.73 Å². The Bertz CT molecular complexity index is 370. The number of benzene rings is 1. The number of aryl methyl sites for hydroxylation is 1. The Labute approximate surface area is 99.0 Å². The van der Waals surface area contributed by atoms with E-state index in [4.69, 9.17) is 5.73 Å². The molecule has 2 unspecified atom stereocenters. The highest BCUT2D eigenvalue weighted by Crippen LogP contribution is 2.38. The third kappa shape index (κ3) is 2.01. The molecule has 0 saturated heterocycles. The summed E-state index contributed by atoms with van der Waals surface area (Å²) in [4.78, 5) is 0. The van der Waals surface area contributed by atoms with Gasteiger partial charge in [0.05, 0.1) is 0 Å². The van der Waals surface area contributed by atoms with Crippen LogP contribution in [0.5, 0.6) is 0 Å². The van der Waals surface area contributed by atoms with Crippen LogP contribution in [0.15, 0.2) is 18.2 Å². The second-order valence-corrected chi connectivity index (χ2v) is 5.35. The first-order valence-corrected chi connectivity index (χ1v) is 6.43. The van der Waals surface area contributed by atoms with Crippen molar-refractivity contribution in [3.8, 4) is 0 Å². The van der Waals surface area contributed by atoms with E-state index >= 15 is 0 Å². The van der Waals surface area contributed by atoms with E-state index in [0.717, 1.165) is 0 Å². The van der Waals surface area contributed by atoms with Crippen LogP contribution in [0.4, 0.5) is 0 Å². The predicted molar refractivity (Wildman–Crippen MR) is 69.6 cm³/mol. The van der Waals surface area contributed by atoms with Crippen LogP contribution in [0.25, 0.3) is 0 Å². The van der Waals surface area contributed by atoms with Crippen LogP contribution in [0.2, 0.25) is 0 Å². The van der Waals surface area contributed by atoms with E-state index in [1.54, 1.807) is 0 Å². The Kier molecular flexibility index (Phi) is 3.34. The largest absolute Gasteiger partial charge is 0.327 e. The van der Waals surface area contributed by atoms with Crippen molar-refractivity contribution in [2.24, 2.45) is 11.7 Å². The Morgan fingerprint density at radius 1 is 1.19 bits per heavy atom. The van der Waals surface area contributed by atoms with E-state index in [1.807, 2.05) is 0 Å². The molecule has 1 aliphatic carbocycles. The van der Waals surface area contributed by atoms with Crippen LogP contribution in [0, 0.1) is 19.8 Å². The highest BCUT2D eigenvalue weighted by Gasteiger charge is 2.29. The molecule has 1 aliphatic rings. The van der Waals surface area contributed by atoms with E-state index in [2.05, 4.69) is 39.0 Å². The van der Waals surface area contributed by atoms with Gasteiger partial charge in [-0.1, -0.05) is 31.5 Å². The lowest BCUT2D eigenvalue weighted by molar-refractivity contribution is 0.285. The van der Waals surface area contributed by atoms with Crippen LogP contribution in [0.3, 0.4) is 0 Å². The fraction of sp³-hybridized carbons (Fsp3) is 0.600. The molecule has 1 fully saturated rings. The van der Waals surface area contributed by atoms with Gasteiger partial charge in [0.2, 0.25) is 0 Å². The second kappa shape index (κ2) is 4.58. The zero-order chi connectivity index (χ0) is 11.7. The summed E-state index contributed by atoms with van der Waals surface area (Å²) in [5, 5.41) is 0. The van der Waals surface area contributed by atoms with E-state index in [0.29, 0.717) is 17.9 Å². The Hall–Kier alpha value is -0.820. The topological polar surface area (TPSA) is 26.0 Å². The summed E-state index contributed by atoms with van der Waals surface area (Å²) >= 11 is 0. The summed E-state index contributed by atoms with van der Waals surface area (Å²) in [5.41, 5.74) is 10.6. The molecule has 1 nitrogen and oxygen atoms in total. The Balaban J connectivity index is 2.32. The zero-order valence-corrected chi connectivity index (χ0v) is 10.7. The molecule has 0 heterocycles. The molecule has 1 aromatic rings. The summed E-state index contributed by atoms with van der Waals surface area (Å²) in [7, 11) is 0. The van der Waals surface area contributed by atoms with E-state index in [-0.39, 0.29) is 0 Å². The first-order chi connectivity index (χ1) is 7.61. The molecule has 0 spiro atoms. The second-order valence-electron chi connectivity index (χ2n) is 5.35. The Morgan fingerprint density at radius 3 is 2.69 bits per heavy atom. The van der Waals surface area contributed by atoms with Gasteiger partial charge in [0.25, 0.3) is 0 Å². The van der Waals surface area contributed by atoms with E-state index in [9.17, 15) is 0 Å². The molecule has 16 heavy (non-hydrogen) atoms. The fourth-order valence-electron chi connectivity index (χ4n) is 3.01. The van der Waals surface area contributed by atoms with Crippen molar-refractivity contribution in [1.82, 2.24) is 0 Å². The van der Waals surface area contributed by atoms with Crippen molar-refractivity contribution in [2.75, 3.05) is 0 Å². The minimum atomic E-state index is 0.388. The maximum atomic E-state index is 6.19. The van der Waals surface area contributed by atoms with Gasteiger partial charge in [-0.05, 0) is 55.2 Å². The number of nitrogens with two attached hydrogens (primary N) is 1. The van der Waals surface area contributed by atoms with Crippen LogP contribution in [-0.2, 0) is 0 Å². The van der Waals surface area contributed by atoms with Crippen molar-refractivity contribution in [3.05, 3.63) is 34.9 Å². The molecule has 0 radical (unpaired) electrons. The molecule has 3 atom stereocenters. The minimum Gasteiger partial charge on any atom is -0.327 e. The highest BCUT2D eigenvalue weighted by molar-refractivity contribution is 5.36. The lowest BCUT2D eigenvalue weighted by Gasteiger charge is -2.35. The van der Waals surface area contributed by atoms with Crippen molar-refractivity contribution in [1.29, 1.82) is 0 Å². The van der Waals surface area contributed by atoms with Crippen LogP contribution < -0.4 is 5.73 Å². The molecule has 0 aliphatic heterocycles. The standard InChI is InChI=1S/C15H23N/c1-10-6-4-7-13(11(10)2)14-8-5-9-15(16)12(14)3/h4,6-7,12,14-15H,5,8-9,16H2,1-3H3/t12?,14-,15?/m1/s1. The van der Waals surface area contributed by atoms with Gasteiger partial charge in [0.1, 0.15) is 0 Å². The molecule has 0 aromatic heterocycles. The van der Waals surface area contributed by atoms with Gasteiger partial charge in [0, 0.05) is 6.04 Å². The van der Waals surface area contributed by atoms with Crippen molar-refractivity contribution >= 4 is 0 Å². The predicted octanol–water partition coefficient (Wildman–Crippen LogP) is 3.53. The highest BCUT2D eigenvalue weighted by atomic mass is 14.7. The van der Waals surface area contributed by atoms with Gasteiger partial charge in [-0.15, -0.1) is 0 Å². The van der Waals surface area contributed by atoms with Crippen molar-refractivity contribution < 1.29 is 0 Å². The van der Waals surface area contributed by atoms with Crippen LogP contribution >= 0.6 is 0 Å². The van der Waals surface area contributed by atoms with Crippen LogP contribution in [-0.4, -0.2) is 6.04 Å². The number of hydrogen-bond acceptors (Lipinski definition) is 1. The molecular weight excluding hydrogens is 194 g/mol. The molecular formula is C15H23N. The third-order valence-electron chi connectivity index (χ3n) is 4.41. The SMILES string of the molecule is Cc1cccc([C@@H]2CCCC(N)C2C)c1C. The smallest absolute Gasteiger partial charge is 0.00703 e. The molecule has 0 amide bonds. The third-order valence-corrected chi connectivity index (χ3v) is 4.41. The molecule has 2 N–H and O–H groups in total. The normalized spacial score (nSPS) is 30.4. The van der Waals surface area contributed by atoms with E-state index < -0.39 is 0 Å². The summed E-state index contributed by atoms with van der Waals surface area (Å²) in [6.07, 6.45) is 3.78. The fourth-order valence-corrected chi connectivity index (χ4v) is 3.01. The number of hydrogen-bond donors (Lipinski definition) is 1. The molecule has 0 bridgehead atoms. The molecule has 88 valence electrons. The average Bonchev–Trinajstić information content (AvgIpc) is 2.27. The molecule has 1 heteroatoms. The first kappa shape index (κ1) is 11.7. The molecule has 1 aromatic carbocycles. The monoisotopic (exact) mass is 217 g/mol. The molecule has 2 rings (SSSR count). The first-order valence-electron chi connectivity index (χ1n) is 6.43. The summed E-state index contributed by atoms with van der Waals surface area (Å²) in [6, 6.07) is 7.07. The van der Waals surface area contributed by atoms with Gasteiger partial charge in [-0.2, -0.15) is 0 Å². The summed E-state index contributed by atoms with van der Waals surface area (Å²) < 4.78 is 0. The zero-order valence-electron chi connectivity index (χ0n) is 10.7. The summed E-state index contributed by atoms with van der Waals surface area (Å²) in [5.74, 6) is 1.29. The average molecular weight is 217 g/mol.